The molecule has 1 aromatic rings. The molecule has 2 N–H and O–H groups in total. The highest BCUT2D eigenvalue weighted by atomic mass is 32.2. The average Bonchev–Trinajstić information content (AvgIpc) is 2.43. The van der Waals surface area contributed by atoms with Gasteiger partial charge in [-0.05, 0) is 27.0 Å². The molecular weight excluding hydrogens is 274 g/mol. The molecule has 20 heavy (non-hydrogen) atoms. The highest BCUT2D eigenvalue weighted by Gasteiger charge is 2.14. The van der Waals surface area contributed by atoms with Gasteiger partial charge < -0.3 is 15.5 Å². The summed E-state index contributed by atoms with van der Waals surface area (Å²) in [5.41, 5.74) is 0. The van der Waals surface area contributed by atoms with E-state index in [0.29, 0.717) is 18.2 Å². The SMILES string of the molecule is CCN(CC(=O)NC(C)C)c1cc(NC)nc(SC)n1. The maximum atomic E-state index is 11.9. The van der Waals surface area contributed by atoms with E-state index in [-0.39, 0.29) is 11.9 Å². The maximum absolute atomic E-state index is 11.9. The van der Waals surface area contributed by atoms with Crippen molar-refractivity contribution in [2.75, 3.05) is 36.6 Å². The van der Waals surface area contributed by atoms with Crippen LogP contribution in [0.5, 0.6) is 0 Å². The van der Waals surface area contributed by atoms with E-state index in [1.54, 1.807) is 0 Å². The number of hydrogen-bond acceptors (Lipinski definition) is 6. The highest BCUT2D eigenvalue weighted by Crippen LogP contribution is 2.19. The minimum absolute atomic E-state index is 0.00262. The van der Waals surface area contributed by atoms with Crippen LogP contribution in [0.3, 0.4) is 0 Å². The molecule has 0 aliphatic carbocycles. The fraction of sp³-hybridized carbons (Fsp3) is 0.615. The maximum Gasteiger partial charge on any atom is 0.239 e. The lowest BCUT2D eigenvalue weighted by atomic mass is 10.3. The highest BCUT2D eigenvalue weighted by molar-refractivity contribution is 7.98. The van der Waals surface area contributed by atoms with Gasteiger partial charge in [-0.15, -0.1) is 0 Å². The number of nitrogens with one attached hydrogen (secondary N) is 2. The van der Waals surface area contributed by atoms with E-state index in [0.717, 1.165) is 11.6 Å². The van der Waals surface area contributed by atoms with E-state index in [1.807, 2.05) is 45.0 Å². The molecule has 112 valence electrons. The summed E-state index contributed by atoms with van der Waals surface area (Å²) in [6.45, 7) is 6.90. The van der Waals surface area contributed by atoms with Crippen LogP contribution in [0.1, 0.15) is 20.8 Å². The van der Waals surface area contributed by atoms with Gasteiger partial charge in [-0.1, -0.05) is 11.8 Å². The van der Waals surface area contributed by atoms with Crippen LogP contribution in [0.25, 0.3) is 0 Å². The molecule has 0 aromatic carbocycles. The minimum Gasteiger partial charge on any atom is -0.373 e. The van der Waals surface area contributed by atoms with Gasteiger partial charge in [0.15, 0.2) is 5.16 Å². The predicted octanol–water partition coefficient (Wildman–Crippen LogP) is 1.59. The van der Waals surface area contributed by atoms with E-state index in [1.165, 1.54) is 11.8 Å². The standard InChI is InChI=1S/C13H23N5OS/c1-6-18(8-12(19)15-9(2)3)11-7-10(14-4)16-13(17-11)20-5/h7,9H,6,8H2,1-5H3,(H,15,19)(H,14,16,17). The first-order valence-electron chi connectivity index (χ1n) is 6.65. The number of rotatable bonds is 7. The van der Waals surface area contributed by atoms with Crippen molar-refractivity contribution in [1.29, 1.82) is 0 Å². The summed E-state index contributed by atoms with van der Waals surface area (Å²) in [4.78, 5) is 22.6. The van der Waals surface area contributed by atoms with Crippen LogP contribution in [0.4, 0.5) is 11.6 Å². The van der Waals surface area contributed by atoms with Gasteiger partial charge in [0.1, 0.15) is 11.6 Å². The van der Waals surface area contributed by atoms with Crippen molar-refractivity contribution < 1.29 is 4.79 Å². The second-order valence-electron chi connectivity index (χ2n) is 4.58. The lowest BCUT2D eigenvalue weighted by molar-refractivity contribution is -0.120. The van der Waals surface area contributed by atoms with Crippen LogP contribution in [-0.2, 0) is 4.79 Å². The van der Waals surface area contributed by atoms with E-state index in [2.05, 4.69) is 20.6 Å². The van der Waals surface area contributed by atoms with Gasteiger partial charge in [0.25, 0.3) is 0 Å². The molecule has 1 rings (SSSR count). The number of likely N-dealkylation sites (N-methyl/N-ethyl adjacent to an activating group) is 1. The fourth-order valence-corrected chi connectivity index (χ4v) is 2.06. The molecule has 0 atom stereocenters. The number of carbonyl (C=O) groups excluding carboxylic acids is 1. The molecule has 0 radical (unpaired) electrons. The third-order valence-electron chi connectivity index (χ3n) is 2.62. The zero-order valence-electron chi connectivity index (χ0n) is 12.7. The number of hydrogen-bond donors (Lipinski definition) is 2. The van der Waals surface area contributed by atoms with Crippen LogP contribution in [0.2, 0.25) is 0 Å². The van der Waals surface area contributed by atoms with Crippen molar-refractivity contribution >= 4 is 29.3 Å². The summed E-state index contributed by atoms with van der Waals surface area (Å²) < 4.78 is 0. The van der Waals surface area contributed by atoms with Gasteiger partial charge in [0.2, 0.25) is 5.91 Å². The lowest BCUT2D eigenvalue weighted by Gasteiger charge is -2.22. The summed E-state index contributed by atoms with van der Waals surface area (Å²) in [5, 5.41) is 6.59. The van der Waals surface area contributed by atoms with E-state index >= 15 is 0 Å². The molecule has 1 heterocycles. The quantitative estimate of drug-likeness (QED) is 0.588. The summed E-state index contributed by atoms with van der Waals surface area (Å²) in [6.07, 6.45) is 1.93. The summed E-state index contributed by atoms with van der Waals surface area (Å²) >= 11 is 1.48. The van der Waals surface area contributed by atoms with E-state index < -0.39 is 0 Å². The molecule has 0 unspecified atom stereocenters. The largest absolute Gasteiger partial charge is 0.373 e. The molecule has 0 aliphatic heterocycles. The molecule has 0 fully saturated rings. The van der Waals surface area contributed by atoms with Crippen LogP contribution in [-0.4, -0.2) is 48.3 Å². The number of anilines is 2. The molecule has 0 spiro atoms. The summed E-state index contributed by atoms with van der Waals surface area (Å²) in [5.74, 6) is 1.51. The number of thioether (sulfide) groups is 1. The molecule has 6 nitrogen and oxygen atoms in total. The average molecular weight is 297 g/mol. The number of nitrogens with zero attached hydrogens (tertiary/aromatic N) is 3. The molecular formula is C13H23N5OS. The van der Waals surface area contributed by atoms with Crippen molar-refractivity contribution in [1.82, 2.24) is 15.3 Å². The van der Waals surface area contributed by atoms with Crippen LogP contribution in [0, 0.1) is 0 Å². The Bertz CT molecular complexity index is 430. The van der Waals surface area contributed by atoms with Gasteiger partial charge in [-0.2, -0.15) is 0 Å². The predicted molar refractivity (Wildman–Crippen MR) is 84.5 cm³/mol. The van der Waals surface area contributed by atoms with E-state index in [9.17, 15) is 4.79 Å². The molecule has 0 aliphatic rings. The zero-order valence-corrected chi connectivity index (χ0v) is 13.5. The number of aromatic nitrogens is 2. The lowest BCUT2D eigenvalue weighted by Crippen LogP contribution is -2.40. The Morgan fingerprint density at radius 3 is 2.65 bits per heavy atom. The number of amides is 1. The van der Waals surface area contributed by atoms with Gasteiger partial charge in [0, 0.05) is 25.7 Å². The molecule has 1 aromatic heterocycles. The molecule has 1 amide bonds. The van der Waals surface area contributed by atoms with Crippen molar-refractivity contribution in [2.24, 2.45) is 0 Å². The third kappa shape index (κ3) is 4.88. The Kier molecular flexibility index (Phi) is 6.57. The van der Waals surface area contributed by atoms with Crippen molar-refractivity contribution in [3.05, 3.63) is 6.07 Å². The third-order valence-corrected chi connectivity index (χ3v) is 3.17. The van der Waals surface area contributed by atoms with Crippen molar-refractivity contribution in [3.63, 3.8) is 0 Å². The van der Waals surface area contributed by atoms with Crippen LogP contribution < -0.4 is 15.5 Å². The second kappa shape index (κ2) is 7.94. The first kappa shape index (κ1) is 16.6. The topological polar surface area (TPSA) is 70.2 Å². The summed E-state index contributed by atoms with van der Waals surface area (Å²) in [7, 11) is 1.82. The molecule has 0 saturated heterocycles. The fourth-order valence-electron chi connectivity index (χ4n) is 1.69. The summed E-state index contributed by atoms with van der Waals surface area (Å²) in [6, 6.07) is 1.99. The van der Waals surface area contributed by atoms with Crippen molar-refractivity contribution in [3.8, 4) is 0 Å². The molecule has 0 saturated carbocycles. The van der Waals surface area contributed by atoms with Gasteiger partial charge in [-0.3, -0.25) is 4.79 Å². The monoisotopic (exact) mass is 297 g/mol. The second-order valence-corrected chi connectivity index (χ2v) is 5.36. The molecule has 7 heteroatoms. The van der Waals surface area contributed by atoms with Crippen LogP contribution >= 0.6 is 11.8 Å². The minimum atomic E-state index is -0.00262. The Morgan fingerprint density at radius 2 is 2.15 bits per heavy atom. The van der Waals surface area contributed by atoms with Crippen LogP contribution in [0.15, 0.2) is 11.2 Å². The Balaban J connectivity index is 2.91. The van der Waals surface area contributed by atoms with Crippen molar-refractivity contribution in [2.45, 2.75) is 32.0 Å². The molecule has 0 bridgehead atoms. The normalized spacial score (nSPS) is 10.5. The van der Waals surface area contributed by atoms with Gasteiger partial charge in [0.05, 0.1) is 6.54 Å². The Hall–Kier alpha value is -1.50. The Morgan fingerprint density at radius 1 is 1.45 bits per heavy atom. The van der Waals surface area contributed by atoms with E-state index in [4.69, 9.17) is 0 Å². The van der Waals surface area contributed by atoms with Gasteiger partial charge >= 0.3 is 0 Å². The zero-order chi connectivity index (χ0) is 15.1. The Labute approximate surface area is 124 Å². The first-order chi connectivity index (χ1) is 9.49. The first-order valence-corrected chi connectivity index (χ1v) is 7.87. The smallest absolute Gasteiger partial charge is 0.239 e. The number of carbonyl (C=O) groups is 1. The van der Waals surface area contributed by atoms with Gasteiger partial charge in [-0.25, -0.2) is 9.97 Å².